The first-order valence-electron chi connectivity index (χ1n) is 6.91. The van der Waals surface area contributed by atoms with Crippen LogP contribution in [-0.2, 0) is 14.3 Å². The Balaban J connectivity index is 2.71. The topological polar surface area (TPSA) is 84.7 Å². The molecule has 2 amide bonds. The van der Waals surface area contributed by atoms with Gasteiger partial charge in [0.25, 0.3) is 0 Å². The van der Waals surface area contributed by atoms with Crippen LogP contribution in [0.5, 0.6) is 0 Å². The lowest BCUT2D eigenvalue weighted by Crippen LogP contribution is -2.59. The van der Waals surface area contributed by atoms with Crippen molar-refractivity contribution in [3.63, 3.8) is 0 Å². The Morgan fingerprint density at radius 1 is 1.47 bits per heavy atom. The van der Waals surface area contributed by atoms with Crippen LogP contribution in [0.15, 0.2) is 0 Å². The fraction of sp³-hybridized carbons (Fsp3) is 0.846. The summed E-state index contributed by atoms with van der Waals surface area (Å²) in [5.41, 5.74) is 5.86. The molecule has 19 heavy (non-hydrogen) atoms. The number of rotatable bonds is 5. The summed E-state index contributed by atoms with van der Waals surface area (Å²) < 4.78 is 5.31. The smallest absolute Gasteiger partial charge is 0.245 e. The van der Waals surface area contributed by atoms with Gasteiger partial charge in [-0.15, -0.1) is 0 Å². The molecule has 110 valence electrons. The number of ether oxygens (including phenoxy) is 1. The second-order valence-electron chi connectivity index (χ2n) is 5.18. The van der Waals surface area contributed by atoms with Crippen molar-refractivity contribution in [2.24, 2.45) is 5.73 Å². The summed E-state index contributed by atoms with van der Waals surface area (Å²) in [5, 5.41) is 2.81. The Kier molecular flexibility index (Phi) is 6.24. The van der Waals surface area contributed by atoms with Gasteiger partial charge >= 0.3 is 0 Å². The van der Waals surface area contributed by atoms with Crippen LogP contribution in [0.2, 0.25) is 0 Å². The van der Waals surface area contributed by atoms with Crippen molar-refractivity contribution in [1.29, 1.82) is 0 Å². The van der Waals surface area contributed by atoms with Crippen LogP contribution < -0.4 is 11.1 Å². The molecule has 0 aromatic rings. The summed E-state index contributed by atoms with van der Waals surface area (Å²) >= 11 is 0. The minimum absolute atomic E-state index is 0.0377. The van der Waals surface area contributed by atoms with E-state index in [1.54, 1.807) is 4.90 Å². The first-order chi connectivity index (χ1) is 8.97. The minimum atomic E-state index is -0.563. The Morgan fingerprint density at radius 3 is 2.74 bits per heavy atom. The molecule has 1 heterocycles. The molecule has 1 aliphatic heterocycles. The van der Waals surface area contributed by atoms with Gasteiger partial charge in [-0.05, 0) is 20.3 Å². The van der Waals surface area contributed by atoms with Gasteiger partial charge < -0.3 is 20.7 Å². The van der Waals surface area contributed by atoms with E-state index in [9.17, 15) is 9.59 Å². The van der Waals surface area contributed by atoms with Crippen molar-refractivity contribution in [2.75, 3.05) is 19.8 Å². The zero-order valence-electron chi connectivity index (χ0n) is 12.0. The van der Waals surface area contributed by atoms with Gasteiger partial charge in [-0.2, -0.15) is 0 Å². The van der Waals surface area contributed by atoms with Gasteiger partial charge in [-0.1, -0.05) is 13.3 Å². The second-order valence-corrected chi connectivity index (χ2v) is 5.18. The van der Waals surface area contributed by atoms with E-state index in [2.05, 4.69) is 5.32 Å². The lowest BCUT2D eigenvalue weighted by molar-refractivity contribution is -0.149. The molecule has 1 saturated heterocycles. The van der Waals surface area contributed by atoms with Crippen LogP contribution in [0, 0.1) is 0 Å². The molecule has 0 radical (unpaired) electrons. The minimum Gasteiger partial charge on any atom is -0.377 e. The average Bonchev–Trinajstić information content (AvgIpc) is 2.37. The van der Waals surface area contributed by atoms with Crippen LogP contribution >= 0.6 is 0 Å². The first kappa shape index (κ1) is 15.9. The number of nitrogens with zero attached hydrogens (tertiary/aromatic N) is 1. The van der Waals surface area contributed by atoms with E-state index in [1.165, 1.54) is 0 Å². The van der Waals surface area contributed by atoms with Gasteiger partial charge in [0.1, 0.15) is 6.04 Å². The third-order valence-corrected chi connectivity index (χ3v) is 3.06. The second kappa shape index (κ2) is 7.45. The number of morpholine rings is 1. The summed E-state index contributed by atoms with van der Waals surface area (Å²) in [6.45, 7) is 6.87. The summed E-state index contributed by atoms with van der Waals surface area (Å²) in [7, 11) is 0. The maximum absolute atomic E-state index is 12.3. The number of hydrogen-bond acceptors (Lipinski definition) is 4. The molecule has 3 N–H and O–H groups in total. The fourth-order valence-electron chi connectivity index (χ4n) is 2.11. The molecule has 1 aliphatic rings. The van der Waals surface area contributed by atoms with Crippen LogP contribution in [0.3, 0.4) is 0 Å². The van der Waals surface area contributed by atoms with Gasteiger partial charge in [0.15, 0.2) is 0 Å². The van der Waals surface area contributed by atoms with Gasteiger partial charge in [0.05, 0.1) is 19.3 Å². The Bertz CT molecular complexity index is 320. The van der Waals surface area contributed by atoms with Gasteiger partial charge in [0, 0.05) is 12.6 Å². The van der Waals surface area contributed by atoms with Crippen molar-refractivity contribution in [3.05, 3.63) is 0 Å². The molecular weight excluding hydrogens is 246 g/mol. The van der Waals surface area contributed by atoms with Gasteiger partial charge in [-0.25, -0.2) is 0 Å². The molecule has 0 aliphatic carbocycles. The highest BCUT2D eigenvalue weighted by molar-refractivity contribution is 5.90. The molecular formula is C13H25N3O3. The molecule has 0 spiro atoms. The molecule has 0 aromatic carbocycles. The normalized spacial score (nSPS) is 21.3. The molecule has 1 rings (SSSR count). The number of carbonyl (C=O) groups excluding carboxylic acids is 2. The van der Waals surface area contributed by atoms with Crippen molar-refractivity contribution in [3.8, 4) is 0 Å². The highest BCUT2D eigenvalue weighted by atomic mass is 16.5. The summed E-state index contributed by atoms with van der Waals surface area (Å²) in [6, 6.07) is -1.06. The van der Waals surface area contributed by atoms with E-state index in [4.69, 9.17) is 10.5 Å². The van der Waals surface area contributed by atoms with Gasteiger partial charge in [0.2, 0.25) is 11.8 Å². The third-order valence-electron chi connectivity index (χ3n) is 3.06. The quantitative estimate of drug-likeness (QED) is 0.729. The van der Waals surface area contributed by atoms with Crippen molar-refractivity contribution in [2.45, 2.75) is 51.7 Å². The maximum Gasteiger partial charge on any atom is 0.245 e. The molecule has 6 heteroatoms. The summed E-state index contributed by atoms with van der Waals surface area (Å²) in [4.78, 5) is 25.9. The predicted molar refractivity (Wildman–Crippen MR) is 72.5 cm³/mol. The Labute approximate surface area is 114 Å². The summed E-state index contributed by atoms with van der Waals surface area (Å²) in [6.07, 6.45) is 1.48. The molecule has 6 nitrogen and oxygen atoms in total. The van der Waals surface area contributed by atoms with Crippen molar-refractivity contribution >= 4 is 11.8 Å². The molecule has 0 bridgehead atoms. The zero-order valence-corrected chi connectivity index (χ0v) is 12.0. The van der Waals surface area contributed by atoms with Crippen molar-refractivity contribution in [1.82, 2.24) is 10.2 Å². The molecule has 1 fully saturated rings. The van der Waals surface area contributed by atoms with E-state index in [-0.39, 0.29) is 24.5 Å². The molecule has 1 unspecified atom stereocenters. The Morgan fingerprint density at radius 2 is 2.16 bits per heavy atom. The van der Waals surface area contributed by atoms with Crippen LogP contribution in [0.1, 0.15) is 33.6 Å². The summed E-state index contributed by atoms with van der Waals surface area (Å²) in [5.74, 6) is -0.333. The molecule has 2 atom stereocenters. The largest absolute Gasteiger partial charge is 0.377 e. The van der Waals surface area contributed by atoms with E-state index >= 15 is 0 Å². The number of nitrogens with two attached hydrogens (primary N) is 1. The SMILES string of the molecule is CCC[C@@H](N)C(=O)N1CCOCC1C(=O)NC(C)C. The number of nitrogens with one attached hydrogen (secondary N) is 1. The first-order valence-corrected chi connectivity index (χ1v) is 6.91. The number of carbonyl (C=O) groups is 2. The van der Waals surface area contributed by atoms with E-state index in [0.29, 0.717) is 19.6 Å². The maximum atomic E-state index is 12.3. The monoisotopic (exact) mass is 271 g/mol. The van der Waals surface area contributed by atoms with Crippen LogP contribution in [-0.4, -0.2) is 54.6 Å². The zero-order chi connectivity index (χ0) is 14.4. The third kappa shape index (κ3) is 4.47. The lowest BCUT2D eigenvalue weighted by Gasteiger charge is -2.36. The molecule has 0 saturated carbocycles. The van der Waals surface area contributed by atoms with E-state index in [1.807, 2.05) is 20.8 Å². The lowest BCUT2D eigenvalue weighted by atomic mass is 10.1. The standard InChI is InChI=1S/C13H25N3O3/c1-4-5-10(14)13(18)16-6-7-19-8-11(16)12(17)15-9(2)3/h9-11H,4-8,14H2,1-3H3,(H,15,17)/t10-,11?/m1/s1. The van der Waals surface area contributed by atoms with Crippen LogP contribution in [0.4, 0.5) is 0 Å². The predicted octanol–water partition coefficient (Wildman–Crippen LogP) is -0.134. The van der Waals surface area contributed by atoms with Gasteiger partial charge in [-0.3, -0.25) is 9.59 Å². The highest BCUT2D eigenvalue weighted by Gasteiger charge is 2.34. The number of hydrogen-bond donors (Lipinski definition) is 2. The Hall–Kier alpha value is -1.14. The van der Waals surface area contributed by atoms with E-state index < -0.39 is 12.1 Å². The van der Waals surface area contributed by atoms with Crippen LogP contribution in [0.25, 0.3) is 0 Å². The molecule has 0 aromatic heterocycles. The number of amides is 2. The fourth-order valence-corrected chi connectivity index (χ4v) is 2.11. The van der Waals surface area contributed by atoms with Crippen molar-refractivity contribution < 1.29 is 14.3 Å². The van der Waals surface area contributed by atoms with E-state index in [0.717, 1.165) is 6.42 Å². The highest BCUT2D eigenvalue weighted by Crippen LogP contribution is 2.11. The average molecular weight is 271 g/mol.